The Morgan fingerprint density at radius 3 is 2.28 bits per heavy atom. The number of carbonyl (C=O) groups is 2. The van der Waals surface area contributed by atoms with Gasteiger partial charge < -0.3 is 19.9 Å². The van der Waals surface area contributed by atoms with Crippen molar-refractivity contribution < 1.29 is 19.2 Å². The molecular formula is C27H26N4O5. The molecule has 0 spiro atoms. The van der Waals surface area contributed by atoms with E-state index in [1.165, 1.54) is 18.2 Å². The minimum absolute atomic E-state index is 0.000354. The zero-order chi connectivity index (χ0) is 25.3. The fraction of sp³-hybridized carbons (Fsp3) is 0.185. The summed E-state index contributed by atoms with van der Waals surface area (Å²) in [5, 5.41) is 13.8. The lowest BCUT2D eigenvalue weighted by molar-refractivity contribution is -0.385. The lowest BCUT2D eigenvalue weighted by atomic mass is 10.2. The van der Waals surface area contributed by atoms with Crippen LogP contribution in [0.25, 0.3) is 6.08 Å². The van der Waals surface area contributed by atoms with Crippen LogP contribution in [0, 0.1) is 10.1 Å². The third-order valence-electron chi connectivity index (χ3n) is 5.75. The Labute approximate surface area is 208 Å². The molecule has 36 heavy (non-hydrogen) atoms. The molecule has 3 aromatic rings. The molecule has 1 aliphatic rings. The SMILES string of the molecule is O=C(COc1ccccc1[N+](=O)[O-])Nc1ccc(N2CCN(C(=O)/C=C/c3ccccc3)CC2)cc1. The van der Waals surface area contributed by atoms with E-state index in [1.807, 2.05) is 53.4 Å². The maximum Gasteiger partial charge on any atom is 0.310 e. The summed E-state index contributed by atoms with van der Waals surface area (Å²) in [7, 11) is 0. The van der Waals surface area contributed by atoms with Crippen molar-refractivity contribution in [2.24, 2.45) is 0 Å². The van der Waals surface area contributed by atoms with E-state index in [2.05, 4.69) is 10.2 Å². The van der Waals surface area contributed by atoms with Gasteiger partial charge in [-0.05, 0) is 42.0 Å². The quantitative estimate of drug-likeness (QED) is 0.293. The molecule has 0 aliphatic carbocycles. The first kappa shape index (κ1) is 24.5. The average Bonchev–Trinajstić information content (AvgIpc) is 2.92. The van der Waals surface area contributed by atoms with Gasteiger partial charge in [-0.25, -0.2) is 0 Å². The van der Waals surface area contributed by atoms with Crippen molar-refractivity contribution in [1.82, 2.24) is 4.90 Å². The van der Waals surface area contributed by atoms with Crippen LogP contribution in [0.5, 0.6) is 5.75 Å². The number of carbonyl (C=O) groups excluding carboxylic acids is 2. The fourth-order valence-corrected chi connectivity index (χ4v) is 3.85. The van der Waals surface area contributed by atoms with E-state index in [1.54, 1.807) is 24.3 Å². The predicted molar refractivity (Wildman–Crippen MR) is 138 cm³/mol. The summed E-state index contributed by atoms with van der Waals surface area (Å²) >= 11 is 0. The highest BCUT2D eigenvalue weighted by Crippen LogP contribution is 2.26. The largest absolute Gasteiger partial charge is 0.477 e. The lowest BCUT2D eigenvalue weighted by Crippen LogP contribution is -2.48. The normalized spacial score (nSPS) is 13.4. The Morgan fingerprint density at radius 1 is 0.917 bits per heavy atom. The van der Waals surface area contributed by atoms with E-state index >= 15 is 0 Å². The summed E-state index contributed by atoms with van der Waals surface area (Å²) in [4.78, 5) is 39.3. The van der Waals surface area contributed by atoms with Gasteiger partial charge in [0.2, 0.25) is 5.91 Å². The molecule has 1 aliphatic heterocycles. The molecule has 9 nitrogen and oxygen atoms in total. The minimum atomic E-state index is -0.552. The second-order valence-corrected chi connectivity index (χ2v) is 8.16. The number of nitrogens with zero attached hydrogens (tertiary/aromatic N) is 3. The standard InChI is InChI=1S/C27H26N4O5/c32-26(20-36-25-9-5-4-8-24(25)31(34)35)28-22-11-13-23(14-12-22)29-16-18-30(19-17-29)27(33)15-10-21-6-2-1-3-7-21/h1-15H,16-20H2,(H,28,32)/b15-10+. The number of nitro benzene ring substituents is 1. The van der Waals surface area contributed by atoms with Crippen LogP contribution >= 0.6 is 0 Å². The Kier molecular flexibility index (Phi) is 7.92. The van der Waals surface area contributed by atoms with Gasteiger partial charge in [0.05, 0.1) is 4.92 Å². The smallest absolute Gasteiger partial charge is 0.310 e. The number of piperazine rings is 1. The number of benzene rings is 3. The lowest BCUT2D eigenvalue weighted by Gasteiger charge is -2.35. The predicted octanol–water partition coefficient (Wildman–Crippen LogP) is 3.97. The molecule has 1 heterocycles. The third kappa shape index (κ3) is 6.47. The Bertz CT molecular complexity index is 1240. The highest BCUT2D eigenvalue weighted by Gasteiger charge is 2.20. The van der Waals surface area contributed by atoms with Crippen LogP contribution in [0.4, 0.5) is 17.1 Å². The molecular weight excluding hydrogens is 460 g/mol. The van der Waals surface area contributed by atoms with Crippen molar-refractivity contribution in [2.45, 2.75) is 0 Å². The maximum atomic E-state index is 12.5. The highest BCUT2D eigenvalue weighted by atomic mass is 16.6. The number of para-hydroxylation sites is 2. The summed E-state index contributed by atoms with van der Waals surface area (Å²) in [6.07, 6.45) is 3.44. The van der Waals surface area contributed by atoms with Crippen molar-refractivity contribution in [2.75, 3.05) is 43.0 Å². The zero-order valence-corrected chi connectivity index (χ0v) is 19.6. The molecule has 0 unspecified atom stereocenters. The molecule has 0 atom stereocenters. The number of ether oxygens (including phenoxy) is 1. The van der Waals surface area contributed by atoms with Gasteiger partial charge in [-0.1, -0.05) is 42.5 Å². The topological polar surface area (TPSA) is 105 Å². The number of amides is 2. The zero-order valence-electron chi connectivity index (χ0n) is 19.6. The molecule has 3 aromatic carbocycles. The Balaban J connectivity index is 1.24. The van der Waals surface area contributed by atoms with E-state index in [0.717, 1.165) is 11.3 Å². The van der Waals surface area contributed by atoms with Gasteiger partial charge >= 0.3 is 5.69 Å². The van der Waals surface area contributed by atoms with Crippen molar-refractivity contribution in [1.29, 1.82) is 0 Å². The summed E-state index contributed by atoms with van der Waals surface area (Å²) in [6, 6.07) is 23.0. The molecule has 1 saturated heterocycles. The first-order valence-electron chi connectivity index (χ1n) is 11.5. The maximum absolute atomic E-state index is 12.5. The minimum Gasteiger partial charge on any atom is -0.477 e. The summed E-state index contributed by atoms with van der Waals surface area (Å²) in [6.45, 7) is 2.32. The van der Waals surface area contributed by atoms with Crippen molar-refractivity contribution in [3.63, 3.8) is 0 Å². The van der Waals surface area contributed by atoms with E-state index in [-0.39, 0.29) is 24.0 Å². The van der Waals surface area contributed by atoms with Gasteiger partial charge in [0.15, 0.2) is 12.4 Å². The molecule has 1 fully saturated rings. The van der Waals surface area contributed by atoms with Crippen LogP contribution in [0.3, 0.4) is 0 Å². The summed E-state index contributed by atoms with van der Waals surface area (Å²) in [5.41, 5.74) is 2.39. The van der Waals surface area contributed by atoms with E-state index < -0.39 is 10.8 Å². The fourth-order valence-electron chi connectivity index (χ4n) is 3.85. The number of hydrogen-bond acceptors (Lipinski definition) is 6. The summed E-state index contributed by atoms with van der Waals surface area (Å²) in [5.74, 6) is -0.377. The van der Waals surface area contributed by atoms with Crippen LogP contribution in [0.1, 0.15) is 5.56 Å². The molecule has 0 bridgehead atoms. The van der Waals surface area contributed by atoms with Gasteiger partial charge in [-0.2, -0.15) is 0 Å². The number of nitrogens with one attached hydrogen (secondary N) is 1. The molecule has 4 rings (SSSR count). The molecule has 9 heteroatoms. The summed E-state index contributed by atoms with van der Waals surface area (Å²) < 4.78 is 5.32. The van der Waals surface area contributed by atoms with Crippen molar-refractivity contribution >= 4 is 35.0 Å². The van der Waals surface area contributed by atoms with Gasteiger partial charge in [0, 0.05) is 49.7 Å². The van der Waals surface area contributed by atoms with Gasteiger partial charge in [0.25, 0.3) is 5.91 Å². The first-order chi connectivity index (χ1) is 17.5. The highest BCUT2D eigenvalue weighted by molar-refractivity contribution is 5.92. The second kappa shape index (κ2) is 11.7. The van der Waals surface area contributed by atoms with Gasteiger partial charge in [0.1, 0.15) is 0 Å². The van der Waals surface area contributed by atoms with Crippen LogP contribution in [-0.2, 0) is 9.59 Å². The average molecular weight is 487 g/mol. The number of rotatable bonds is 8. The molecule has 1 N–H and O–H groups in total. The number of nitro groups is 1. The molecule has 0 radical (unpaired) electrons. The molecule has 184 valence electrons. The van der Waals surface area contributed by atoms with Crippen LogP contribution in [0.2, 0.25) is 0 Å². The molecule has 0 aromatic heterocycles. The number of anilines is 2. The second-order valence-electron chi connectivity index (χ2n) is 8.16. The van der Waals surface area contributed by atoms with Crippen molar-refractivity contribution in [3.05, 3.63) is 101 Å². The van der Waals surface area contributed by atoms with E-state index in [0.29, 0.717) is 31.9 Å². The van der Waals surface area contributed by atoms with Gasteiger partial charge in [-0.15, -0.1) is 0 Å². The Hall–Kier alpha value is -4.66. The van der Waals surface area contributed by atoms with Crippen LogP contribution < -0.4 is 15.0 Å². The molecule has 0 saturated carbocycles. The molecule has 2 amide bonds. The van der Waals surface area contributed by atoms with E-state index in [4.69, 9.17) is 4.74 Å². The van der Waals surface area contributed by atoms with Crippen LogP contribution in [0.15, 0.2) is 84.9 Å². The third-order valence-corrected chi connectivity index (χ3v) is 5.75. The first-order valence-corrected chi connectivity index (χ1v) is 11.5. The van der Waals surface area contributed by atoms with E-state index in [9.17, 15) is 19.7 Å². The van der Waals surface area contributed by atoms with Gasteiger partial charge in [-0.3, -0.25) is 19.7 Å². The number of hydrogen-bond donors (Lipinski definition) is 1. The Morgan fingerprint density at radius 2 is 1.58 bits per heavy atom. The van der Waals surface area contributed by atoms with Crippen LogP contribution in [-0.4, -0.2) is 54.4 Å². The monoisotopic (exact) mass is 486 g/mol. The van der Waals surface area contributed by atoms with Crippen molar-refractivity contribution in [3.8, 4) is 5.75 Å².